The molecule has 3 rings (SSSR count). The summed E-state index contributed by atoms with van der Waals surface area (Å²) in [7, 11) is 1.58. The number of ether oxygens (including phenoxy) is 2. The summed E-state index contributed by atoms with van der Waals surface area (Å²) in [6.45, 7) is 5.05. The SMILES string of the molecule is COc1ccc(OCc2cc(C(=O)N3CC=C[C@H]3C(C)C)n[nH]2)c(Cl)c1. The first kappa shape index (κ1) is 18.3. The lowest BCUT2D eigenvalue weighted by atomic mass is 10.0. The molecule has 0 radical (unpaired) electrons. The molecule has 6 nitrogen and oxygen atoms in total. The smallest absolute Gasteiger partial charge is 0.275 e. The zero-order valence-electron chi connectivity index (χ0n) is 15.0. The van der Waals surface area contributed by atoms with E-state index in [9.17, 15) is 4.79 Å². The first-order valence-electron chi connectivity index (χ1n) is 8.48. The average Bonchev–Trinajstić information content (AvgIpc) is 3.29. The maximum atomic E-state index is 12.7. The van der Waals surface area contributed by atoms with Crippen molar-refractivity contribution in [1.29, 1.82) is 0 Å². The average molecular weight is 376 g/mol. The molecule has 26 heavy (non-hydrogen) atoms. The molecule has 0 saturated heterocycles. The quantitative estimate of drug-likeness (QED) is 0.782. The molecule has 0 aliphatic carbocycles. The van der Waals surface area contributed by atoms with Gasteiger partial charge in [-0.1, -0.05) is 37.6 Å². The molecule has 1 atom stereocenters. The van der Waals surface area contributed by atoms with E-state index in [0.717, 1.165) is 0 Å². The van der Waals surface area contributed by atoms with E-state index >= 15 is 0 Å². The minimum Gasteiger partial charge on any atom is -0.497 e. The summed E-state index contributed by atoms with van der Waals surface area (Å²) in [6, 6.07) is 7.03. The number of nitrogens with one attached hydrogen (secondary N) is 1. The van der Waals surface area contributed by atoms with Crippen molar-refractivity contribution in [3.05, 3.63) is 52.8 Å². The molecule has 1 amide bonds. The number of H-pyrrole nitrogens is 1. The number of carbonyl (C=O) groups excluding carboxylic acids is 1. The number of amides is 1. The molecule has 2 aromatic rings. The Bertz CT molecular complexity index is 816. The number of methoxy groups -OCH3 is 1. The summed E-state index contributed by atoms with van der Waals surface area (Å²) in [4.78, 5) is 14.5. The van der Waals surface area contributed by atoms with Crippen LogP contribution in [0, 0.1) is 5.92 Å². The van der Waals surface area contributed by atoms with Crippen LogP contribution in [-0.4, -0.2) is 40.7 Å². The fraction of sp³-hybridized carbons (Fsp3) is 0.368. The van der Waals surface area contributed by atoms with Crippen molar-refractivity contribution < 1.29 is 14.3 Å². The molecule has 0 spiro atoms. The number of carbonyl (C=O) groups is 1. The second kappa shape index (κ2) is 7.83. The highest BCUT2D eigenvalue weighted by molar-refractivity contribution is 6.32. The third-order valence-electron chi connectivity index (χ3n) is 4.31. The summed E-state index contributed by atoms with van der Waals surface area (Å²) in [5.41, 5.74) is 1.09. The summed E-state index contributed by atoms with van der Waals surface area (Å²) in [6.07, 6.45) is 4.09. The van der Waals surface area contributed by atoms with E-state index in [-0.39, 0.29) is 18.6 Å². The highest BCUT2D eigenvalue weighted by Crippen LogP contribution is 2.29. The number of aromatic amines is 1. The van der Waals surface area contributed by atoms with Gasteiger partial charge in [-0.25, -0.2) is 0 Å². The fourth-order valence-corrected chi connectivity index (χ4v) is 3.14. The van der Waals surface area contributed by atoms with Crippen molar-refractivity contribution in [1.82, 2.24) is 15.1 Å². The van der Waals surface area contributed by atoms with Crippen LogP contribution in [0.3, 0.4) is 0 Å². The summed E-state index contributed by atoms with van der Waals surface area (Å²) in [5, 5.41) is 7.46. The number of hydrogen-bond acceptors (Lipinski definition) is 4. The fourth-order valence-electron chi connectivity index (χ4n) is 2.91. The zero-order valence-corrected chi connectivity index (χ0v) is 15.8. The second-order valence-electron chi connectivity index (χ2n) is 6.48. The first-order valence-corrected chi connectivity index (χ1v) is 8.85. The van der Waals surface area contributed by atoms with Gasteiger partial charge >= 0.3 is 0 Å². The lowest BCUT2D eigenvalue weighted by molar-refractivity contribution is 0.0714. The Morgan fingerprint density at radius 2 is 2.23 bits per heavy atom. The van der Waals surface area contributed by atoms with E-state index in [2.05, 4.69) is 30.1 Å². The molecule has 1 aliphatic heterocycles. The zero-order chi connectivity index (χ0) is 18.7. The monoisotopic (exact) mass is 375 g/mol. The van der Waals surface area contributed by atoms with Crippen molar-refractivity contribution in [2.24, 2.45) is 5.92 Å². The van der Waals surface area contributed by atoms with Crippen LogP contribution in [0.1, 0.15) is 30.0 Å². The van der Waals surface area contributed by atoms with E-state index in [0.29, 0.717) is 40.4 Å². The normalized spacial score (nSPS) is 16.3. The van der Waals surface area contributed by atoms with Gasteiger partial charge in [0.25, 0.3) is 5.91 Å². The topological polar surface area (TPSA) is 67.5 Å². The number of rotatable bonds is 6. The Morgan fingerprint density at radius 3 is 2.92 bits per heavy atom. The molecule has 1 aliphatic rings. The van der Waals surface area contributed by atoms with Gasteiger partial charge in [-0.15, -0.1) is 0 Å². The van der Waals surface area contributed by atoms with E-state index in [4.69, 9.17) is 21.1 Å². The largest absolute Gasteiger partial charge is 0.497 e. The maximum Gasteiger partial charge on any atom is 0.275 e. The van der Waals surface area contributed by atoms with Gasteiger partial charge in [0.1, 0.15) is 18.1 Å². The van der Waals surface area contributed by atoms with Gasteiger partial charge in [0.05, 0.1) is 23.9 Å². The van der Waals surface area contributed by atoms with Crippen molar-refractivity contribution >= 4 is 17.5 Å². The van der Waals surface area contributed by atoms with E-state index in [1.54, 1.807) is 31.4 Å². The number of hydrogen-bond donors (Lipinski definition) is 1. The van der Waals surface area contributed by atoms with Crippen LogP contribution in [-0.2, 0) is 6.61 Å². The molecule has 138 valence electrons. The summed E-state index contributed by atoms with van der Waals surface area (Å²) >= 11 is 6.16. The van der Waals surface area contributed by atoms with Crippen LogP contribution in [0.25, 0.3) is 0 Å². The van der Waals surface area contributed by atoms with Crippen LogP contribution in [0.4, 0.5) is 0 Å². The Labute approximate surface area is 157 Å². The molecule has 1 N–H and O–H groups in total. The Morgan fingerprint density at radius 1 is 1.42 bits per heavy atom. The van der Waals surface area contributed by atoms with Gasteiger partial charge in [-0.05, 0) is 24.1 Å². The van der Waals surface area contributed by atoms with Crippen molar-refractivity contribution in [3.8, 4) is 11.5 Å². The molecule has 2 heterocycles. The molecule has 0 saturated carbocycles. The number of aromatic nitrogens is 2. The highest BCUT2D eigenvalue weighted by atomic mass is 35.5. The lowest BCUT2D eigenvalue weighted by Crippen LogP contribution is -2.39. The molecule has 1 aromatic heterocycles. The van der Waals surface area contributed by atoms with Crippen LogP contribution in [0.2, 0.25) is 5.02 Å². The Kier molecular flexibility index (Phi) is 5.52. The minimum atomic E-state index is -0.0846. The standard InChI is InChI=1S/C19H22ClN3O3/c1-12(2)17-5-4-8-23(17)19(24)16-9-13(21-22-16)11-26-18-7-6-14(25-3)10-15(18)20/h4-7,9-10,12,17H,8,11H2,1-3H3,(H,21,22)/t17-/m0/s1. The van der Waals surface area contributed by atoms with E-state index < -0.39 is 0 Å². The van der Waals surface area contributed by atoms with Gasteiger partial charge in [0, 0.05) is 12.6 Å². The van der Waals surface area contributed by atoms with E-state index in [1.807, 2.05) is 11.0 Å². The number of nitrogens with zero attached hydrogens (tertiary/aromatic N) is 2. The van der Waals surface area contributed by atoms with Crippen molar-refractivity contribution in [2.75, 3.05) is 13.7 Å². The van der Waals surface area contributed by atoms with E-state index in [1.165, 1.54) is 0 Å². The number of halogens is 1. The second-order valence-corrected chi connectivity index (χ2v) is 6.89. The highest BCUT2D eigenvalue weighted by Gasteiger charge is 2.29. The summed E-state index contributed by atoms with van der Waals surface area (Å²) < 4.78 is 10.8. The van der Waals surface area contributed by atoms with Gasteiger partial charge in [0.15, 0.2) is 5.69 Å². The predicted octanol–water partition coefficient (Wildman–Crippen LogP) is 3.69. The number of benzene rings is 1. The van der Waals surface area contributed by atoms with Gasteiger partial charge in [0.2, 0.25) is 0 Å². The predicted molar refractivity (Wildman–Crippen MR) is 99.7 cm³/mol. The lowest BCUT2D eigenvalue weighted by Gasteiger charge is -2.26. The molecule has 0 fully saturated rings. The van der Waals surface area contributed by atoms with Gasteiger partial charge in [-0.2, -0.15) is 5.10 Å². The van der Waals surface area contributed by atoms with Gasteiger partial charge < -0.3 is 14.4 Å². The van der Waals surface area contributed by atoms with Crippen LogP contribution in [0.5, 0.6) is 11.5 Å². The maximum absolute atomic E-state index is 12.7. The molecule has 0 bridgehead atoms. The van der Waals surface area contributed by atoms with Gasteiger partial charge in [-0.3, -0.25) is 9.89 Å². The van der Waals surface area contributed by atoms with Crippen molar-refractivity contribution in [3.63, 3.8) is 0 Å². The van der Waals surface area contributed by atoms with Crippen LogP contribution < -0.4 is 9.47 Å². The third-order valence-corrected chi connectivity index (χ3v) is 4.61. The Hall–Kier alpha value is -2.47. The van der Waals surface area contributed by atoms with Crippen molar-refractivity contribution in [2.45, 2.75) is 26.5 Å². The van der Waals surface area contributed by atoms with Crippen LogP contribution in [0.15, 0.2) is 36.4 Å². The Balaban J connectivity index is 1.64. The van der Waals surface area contributed by atoms with Crippen LogP contribution >= 0.6 is 11.6 Å². The first-order chi connectivity index (χ1) is 12.5. The molecular weight excluding hydrogens is 354 g/mol. The summed E-state index contributed by atoms with van der Waals surface area (Å²) in [5.74, 6) is 1.48. The molecular formula is C19H22ClN3O3. The molecule has 0 unspecified atom stereocenters. The molecule has 7 heteroatoms. The third kappa shape index (κ3) is 3.85. The molecule has 1 aromatic carbocycles. The minimum absolute atomic E-state index is 0.0846.